The molecule has 18 heavy (non-hydrogen) atoms. The van der Waals surface area contributed by atoms with E-state index in [1.54, 1.807) is 6.07 Å². The summed E-state index contributed by atoms with van der Waals surface area (Å²) in [6.45, 7) is 4.10. The Morgan fingerprint density at radius 1 is 1.44 bits per heavy atom. The predicted molar refractivity (Wildman–Crippen MR) is 73.3 cm³/mol. The smallest absolute Gasteiger partial charge is 0.274 e. The van der Waals surface area contributed by atoms with Gasteiger partial charge < -0.3 is 0 Å². The number of nitrogens with zero attached hydrogens (tertiary/aromatic N) is 1. The summed E-state index contributed by atoms with van der Waals surface area (Å²) in [5, 5.41) is 0.798. The topological polar surface area (TPSA) is 51.2 Å². The zero-order valence-corrected chi connectivity index (χ0v) is 11.7. The quantitative estimate of drug-likeness (QED) is 0.887. The van der Waals surface area contributed by atoms with Gasteiger partial charge in [-0.15, -0.1) is 0 Å². The van der Waals surface area contributed by atoms with E-state index < -0.39 is 0 Å². The summed E-state index contributed by atoms with van der Waals surface area (Å²) in [6, 6.07) is 7.41. The molecule has 2 rings (SSSR count). The number of carbonyl (C=O) groups is 1. The van der Waals surface area contributed by atoms with Crippen molar-refractivity contribution in [1.82, 2.24) is 10.5 Å². The van der Waals surface area contributed by atoms with E-state index in [1.807, 2.05) is 32.0 Å². The molecule has 0 bridgehead atoms. The van der Waals surface area contributed by atoms with E-state index in [0.29, 0.717) is 12.2 Å². The summed E-state index contributed by atoms with van der Waals surface area (Å²) in [5.41, 5.74) is 4.56. The second kappa shape index (κ2) is 5.46. The predicted octanol–water partition coefficient (Wildman–Crippen LogP) is 2.99. The minimum atomic E-state index is -0.259. The van der Waals surface area contributed by atoms with Gasteiger partial charge in [0.05, 0.1) is 17.7 Å². The molecule has 0 spiro atoms. The van der Waals surface area contributed by atoms with Crippen LogP contribution in [0, 0.1) is 6.92 Å². The summed E-state index contributed by atoms with van der Waals surface area (Å²) in [7, 11) is 0. The molecule has 1 heterocycles. The largest absolute Gasteiger partial charge is 0.275 e. The Kier molecular flexibility index (Phi) is 3.93. The Balaban J connectivity index is 2.54. The Morgan fingerprint density at radius 3 is 2.94 bits per heavy atom. The van der Waals surface area contributed by atoms with Gasteiger partial charge in [-0.05, 0) is 38.1 Å². The summed E-state index contributed by atoms with van der Waals surface area (Å²) in [5.74, 6) is -0.259. The van der Waals surface area contributed by atoms with Crippen molar-refractivity contribution < 1.29 is 9.63 Å². The first-order chi connectivity index (χ1) is 8.61. The number of fused-ring (bicyclic) bond motifs is 1. The lowest BCUT2D eigenvalue weighted by atomic mass is 10.1. The number of hydrogen-bond donors (Lipinski definition) is 1. The van der Waals surface area contributed by atoms with Crippen molar-refractivity contribution in [3.8, 4) is 0 Å². The van der Waals surface area contributed by atoms with Crippen LogP contribution in [0.25, 0.3) is 10.9 Å². The Morgan fingerprint density at radius 2 is 2.22 bits per heavy atom. The Labute approximate surface area is 113 Å². The third kappa shape index (κ3) is 2.68. The van der Waals surface area contributed by atoms with Crippen LogP contribution in [0.3, 0.4) is 0 Å². The van der Waals surface area contributed by atoms with Crippen LogP contribution in [0.15, 0.2) is 28.7 Å². The fraction of sp³-hybridized carbons (Fsp3) is 0.231. The molecular formula is C13H13BrN2O2. The van der Waals surface area contributed by atoms with Gasteiger partial charge in [0.25, 0.3) is 5.91 Å². The molecule has 0 aliphatic rings. The van der Waals surface area contributed by atoms with Crippen LogP contribution in [-0.4, -0.2) is 17.5 Å². The first kappa shape index (κ1) is 13.0. The van der Waals surface area contributed by atoms with E-state index in [9.17, 15) is 4.79 Å². The van der Waals surface area contributed by atoms with Gasteiger partial charge in [0.1, 0.15) is 0 Å². The second-order valence-corrected chi connectivity index (χ2v) is 4.75. The number of nitrogens with one attached hydrogen (secondary N) is 1. The van der Waals surface area contributed by atoms with Gasteiger partial charge in [-0.1, -0.05) is 15.9 Å². The fourth-order valence-corrected chi connectivity index (χ4v) is 2.07. The van der Waals surface area contributed by atoms with E-state index in [2.05, 4.69) is 26.4 Å². The molecule has 0 saturated carbocycles. The molecule has 5 heteroatoms. The van der Waals surface area contributed by atoms with Crippen molar-refractivity contribution in [3.05, 3.63) is 40.0 Å². The van der Waals surface area contributed by atoms with Crippen molar-refractivity contribution in [3.63, 3.8) is 0 Å². The van der Waals surface area contributed by atoms with Crippen LogP contribution in [0.2, 0.25) is 0 Å². The number of aryl methyl sites for hydroxylation is 1. The van der Waals surface area contributed by atoms with E-state index in [0.717, 1.165) is 21.1 Å². The standard InChI is InChI=1S/C13H13BrN2O2/c1-3-18-16-13(17)11-6-8(2)15-12-5-4-9(14)7-10(11)12/h4-7H,3H2,1-2H3,(H,16,17). The van der Waals surface area contributed by atoms with Crippen molar-refractivity contribution >= 4 is 32.7 Å². The molecule has 0 fully saturated rings. The van der Waals surface area contributed by atoms with E-state index in [1.165, 1.54) is 0 Å². The number of hydrogen-bond acceptors (Lipinski definition) is 3. The molecule has 0 atom stereocenters. The van der Waals surface area contributed by atoms with Gasteiger partial charge in [-0.3, -0.25) is 14.6 Å². The molecule has 2 aromatic rings. The Bertz CT molecular complexity index is 599. The van der Waals surface area contributed by atoms with Crippen molar-refractivity contribution in [1.29, 1.82) is 0 Å². The van der Waals surface area contributed by atoms with Crippen molar-refractivity contribution in [2.24, 2.45) is 0 Å². The number of pyridine rings is 1. The van der Waals surface area contributed by atoms with Gasteiger partial charge in [-0.2, -0.15) is 0 Å². The molecule has 0 saturated heterocycles. The third-order valence-electron chi connectivity index (χ3n) is 2.45. The van der Waals surface area contributed by atoms with Crippen molar-refractivity contribution in [2.75, 3.05) is 6.61 Å². The first-order valence-electron chi connectivity index (χ1n) is 5.61. The highest BCUT2D eigenvalue weighted by Crippen LogP contribution is 2.22. The maximum atomic E-state index is 12.0. The summed E-state index contributed by atoms with van der Waals surface area (Å²) in [4.78, 5) is 21.3. The number of carbonyl (C=O) groups excluding carboxylic acids is 1. The molecule has 94 valence electrons. The van der Waals surface area contributed by atoms with E-state index in [-0.39, 0.29) is 5.91 Å². The molecule has 0 radical (unpaired) electrons. The van der Waals surface area contributed by atoms with Gasteiger partial charge in [0.15, 0.2) is 0 Å². The summed E-state index contributed by atoms with van der Waals surface area (Å²) >= 11 is 3.40. The number of benzene rings is 1. The highest BCUT2D eigenvalue weighted by molar-refractivity contribution is 9.10. The molecule has 1 aromatic heterocycles. The van der Waals surface area contributed by atoms with Gasteiger partial charge in [-0.25, -0.2) is 5.48 Å². The van der Waals surface area contributed by atoms with E-state index in [4.69, 9.17) is 4.84 Å². The number of hydroxylamine groups is 1. The first-order valence-corrected chi connectivity index (χ1v) is 6.40. The molecule has 0 unspecified atom stereocenters. The third-order valence-corrected chi connectivity index (χ3v) is 2.95. The summed E-state index contributed by atoms with van der Waals surface area (Å²) < 4.78 is 0.908. The van der Waals surface area contributed by atoms with Crippen LogP contribution < -0.4 is 5.48 Å². The highest BCUT2D eigenvalue weighted by atomic mass is 79.9. The van der Waals surface area contributed by atoms with Crippen LogP contribution >= 0.6 is 15.9 Å². The number of halogens is 1. The average molecular weight is 309 g/mol. The van der Waals surface area contributed by atoms with Crippen LogP contribution in [0.4, 0.5) is 0 Å². The maximum absolute atomic E-state index is 12.0. The monoisotopic (exact) mass is 308 g/mol. The minimum absolute atomic E-state index is 0.259. The van der Waals surface area contributed by atoms with Gasteiger partial charge in [0, 0.05) is 15.6 Å². The number of amides is 1. The lowest BCUT2D eigenvalue weighted by Gasteiger charge is -2.08. The second-order valence-electron chi connectivity index (χ2n) is 3.84. The lowest BCUT2D eigenvalue weighted by Crippen LogP contribution is -2.24. The number of rotatable bonds is 3. The van der Waals surface area contributed by atoms with E-state index >= 15 is 0 Å². The van der Waals surface area contributed by atoms with Gasteiger partial charge >= 0.3 is 0 Å². The summed E-state index contributed by atoms with van der Waals surface area (Å²) in [6.07, 6.45) is 0. The molecule has 1 aromatic carbocycles. The average Bonchev–Trinajstić information content (AvgIpc) is 2.35. The van der Waals surface area contributed by atoms with Crippen LogP contribution in [-0.2, 0) is 4.84 Å². The molecule has 0 aliphatic carbocycles. The molecular weight excluding hydrogens is 296 g/mol. The van der Waals surface area contributed by atoms with Crippen LogP contribution in [0.1, 0.15) is 23.0 Å². The maximum Gasteiger partial charge on any atom is 0.275 e. The van der Waals surface area contributed by atoms with Crippen LogP contribution in [0.5, 0.6) is 0 Å². The molecule has 4 nitrogen and oxygen atoms in total. The number of aromatic nitrogens is 1. The fourth-order valence-electron chi connectivity index (χ4n) is 1.71. The van der Waals surface area contributed by atoms with Gasteiger partial charge in [0.2, 0.25) is 0 Å². The van der Waals surface area contributed by atoms with Crippen molar-refractivity contribution in [2.45, 2.75) is 13.8 Å². The SMILES string of the molecule is CCONC(=O)c1cc(C)nc2ccc(Br)cc12. The lowest BCUT2D eigenvalue weighted by molar-refractivity contribution is 0.0366. The molecule has 1 N–H and O–H groups in total. The zero-order valence-electron chi connectivity index (χ0n) is 10.2. The highest BCUT2D eigenvalue weighted by Gasteiger charge is 2.12. The zero-order chi connectivity index (χ0) is 13.1. The normalized spacial score (nSPS) is 10.6. The molecule has 0 aliphatic heterocycles. The Hall–Kier alpha value is -1.46. The molecule has 1 amide bonds. The minimum Gasteiger partial charge on any atom is -0.274 e.